The van der Waals surface area contributed by atoms with Crippen LogP contribution < -0.4 is 4.74 Å². The molecule has 0 saturated carbocycles. The van der Waals surface area contributed by atoms with Crippen LogP contribution in [0.2, 0.25) is 0 Å². The van der Waals surface area contributed by atoms with E-state index in [4.69, 9.17) is 9.47 Å². The molecule has 1 aromatic carbocycles. The number of hydrogen-bond donors (Lipinski definition) is 0. The molecule has 0 saturated heterocycles. The molecule has 0 aliphatic rings. The van der Waals surface area contributed by atoms with Crippen LogP contribution in [-0.2, 0) is 16.0 Å². The summed E-state index contributed by atoms with van der Waals surface area (Å²) in [4.78, 5) is 10.7. The number of rotatable bonds is 5. The van der Waals surface area contributed by atoms with Crippen LogP contribution >= 0.6 is 0 Å². The molecule has 0 aliphatic heterocycles. The Morgan fingerprint density at radius 3 is 2.88 bits per heavy atom. The summed E-state index contributed by atoms with van der Waals surface area (Å²) in [5.74, 6) is -0.410. The number of hydrogen-bond acceptors (Lipinski definition) is 3. The normalized spacial score (nSPS) is 9.62. The molecule has 0 radical (unpaired) electrons. The highest BCUT2D eigenvalue weighted by molar-refractivity contribution is 5.81. The summed E-state index contributed by atoms with van der Waals surface area (Å²) in [6, 6.07) is 4.56. The van der Waals surface area contributed by atoms with E-state index in [1.54, 1.807) is 12.1 Å². The fourth-order valence-electron chi connectivity index (χ4n) is 1.18. The molecule has 0 unspecified atom stereocenters. The van der Waals surface area contributed by atoms with Gasteiger partial charge in [0.1, 0.15) is 11.6 Å². The number of ether oxygens (including phenoxy) is 2. The first kappa shape index (κ1) is 12.2. The highest BCUT2D eigenvalue weighted by atomic mass is 19.1. The van der Waals surface area contributed by atoms with E-state index in [-0.39, 0.29) is 12.4 Å². The van der Waals surface area contributed by atoms with Crippen molar-refractivity contribution >= 4 is 5.97 Å². The van der Waals surface area contributed by atoms with Gasteiger partial charge in [-0.2, -0.15) is 0 Å². The Balaban J connectivity index is 2.54. The lowest BCUT2D eigenvalue weighted by Gasteiger charge is -2.05. The topological polar surface area (TPSA) is 35.5 Å². The predicted molar refractivity (Wildman–Crippen MR) is 57.8 cm³/mol. The molecule has 0 atom stereocenters. The Labute approximate surface area is 93.5 Å². The Hall–Kier alpha value is -1.84. The van der Waals surface area contributed by atoms with Gasteiger partial charge in [0.15, 0.2) is 0 Å². The molecule has 4 heteroatoms. The minimum absolute atomic E-state index is 0.133. The Morgan fingerprint density at radius 2 is 2.31 bits per heavy atom. The molecule has 1 rings (SSSR count). The van der Waals surface area contributed by atoms with Crippen molar-refractivity contribution in [2.45, 2.75) is 6.42 Å². The Kier molecular flexibility index (Phi) is 4.51. The molecule has 0 aromatic heterocycles. The van der Waals surface area contributed by atoms with Crippen LogP contribution in [-0.4, -0.2) is 19.7 Å². The van der Waals surface area contributed by atoms with Crippen molar-refractivity contribution < 1.29 is 18.7 Å². The maximum absolute atomic E-state index is 13.4. The van der Waals surface area contributed by atoms with E-state index in [9.17, 15) is 9.18 Å². The maximum Gasteiger partial charge on any atom is 0.330 e. The average Bonchev–Trinajstić information content (AvgIpc) is 2.30. The first-order chi connectivity index (χ1) is 7.67. The lowest BCUT2D eigenvalue weighted by molar-refractivity contribution is -0.137. The lowest BCUT2D eigenvalue weighted by Crippen LogP contribution is -2.05. The number of carbonyl (C=O) groups excluding carboxylic acids is 1. The molecular weight excluding hydrogens is 211 g/mol. The number of methoxy groups -OCH3 is 1. The molecule has 0 fully saturated rings. The lowest BCUT2D eigenvalue weighted by atomic mass is 10.1. The van der Waals surface area contributed by atoms with Crippen LogP contribution in [0.25, 0.3) is 0 Å². The number of carbonyl (C=O) groups is 1. The van der Waals surface area contributed by atoms with Crippen LogP contribution in [0.4, 0.5) is 4.39 Å². The standard InChI is InChI=1S/C12H13FO3/c1-3-12(14)16-7-6-9-4-5-10(15-2)8-11(9)13/h3-5,8H,1,6-7H2,2H3. The van der Waals surface area contributed by atoms with E-state index in [1.165, 1.54) is 13.2 Å². The zero-order valence-corrected chi connectivity index (χ0v) is 9.03. The Bertz CT molecular complexity index is 388. The molecule has 0 amide bonds. The molecular formula is C12H13FO3. The van der Waals surface area contributed by atoms with Crippen molar-refractivity contribution in [1.29, 1.82) is 0 Å². The third-order valence-electron chi connectivity index (χ3n) is 2.04. The fourth-order valence-corrected chi connectivity index (χ4v) is 1.18. The van der Waals surface area contributed by atoms with Gasteiger partial charge < -0.3 is 9.47 Å². The van der Waals surface area contributed by atoms with Gasteiger partial charge in [0.05, 0.1) is 13.7 Å². The van der Waals surface area contributed by atoms with Gasteiger partial charge in [-0.3, -0.25) is 0 Å². The summed E-state index contributed by atoms with van der Waals surface area (Å²) >= 11 is 0. The predicted octanol–water partition coefficient (Wildman–Crippen LogP) is 2.11. The van der Waals surface area contributed by atoms with Crippen molar-refractivity contribution in [3.8, 4) is 5.75 Å². The maximum atomic E-state index is 13.4. The summed E-state index contributed by atoms with van der Waals surface area (Å²) in [6.07, 6.45) is 1.40. The van der Waals surface area contributed by atoms with Crippen molar-refractivity contribution in [2.75, 3.05) is 13.7 Å². The fraction of sp³-hybridized carbons (Fsp3) is 0.250. The van der Waals surface area contributed by atoms with Gasteiger partial charge in [0.25, 0.3) is 0 Å². The molecule has 0 N–H and O–H groups in total. The first-order valence-corrected chi connectivity index (χ1v) is 4.79. The van der Waals surface area contributed by atoms with Crippen molar-refractivity contribution in [2.24, 2.45) is 0 Å². The van der Waals surface area contributed by atoms with Gasteiger partial charge >= 0.3 is 5.97 Å². The third-order valence-corrected chi connectivity index (χ3v) is 2.04. The van der Waals surface area contributed by atoms with Gasteiger partial charge in [-0.25, -0.2) is 9.18 Å². The minimum Gasteiger partial charge on any atom is -0.497 e. The van der Waals surface area contributed by atoms with E-state index in [0.717, 1.165) is 6.08 Å². The summed E-state index contributed by atoms with van der Waals surface area (Å²) in [6.45, 7) is 3.39. The smallest absolute Gasteiger partial charge is 0.330 e. The number of esters is 1. The quantitative estimate of drug-likeness (QED) is 0.567. The molecule has 3 nitrogen and oxygen atoms in total. The second-order valence-corrected chi connectivity index (χ2v) is 3.08. The van der Waals surface area contributed by atoms with Gasteiger partial charge in [-0.15, -0.1) is 0 Å². The van der Waals surface area contributed by atoms with E-state index in [2.05, 4.69) is 6.58 Å². The van der Waals surface area contributed by atoms with E-state index in [1.807, 2.05) is 0 Å². The molecule has 0 aliphatic carbocycles. The summed E-state index contributed by atoms with van der Waals surface area (Å²) in [5, 5.41) is 0. The largest absolute Gasteiger partial charge is 0.497 e. The first-order valence-electron chi connectivity index (χ1n) is 4.79. The third kappa shape index (κ3) is 3.38. The van der Waals surface area contributed by atoms with Crippen molar-refractivity contribution in [3.63, 3.8) is 0 Å². The van der Waals surface area contributed by atoms with Gasteiger partial charge in [-0.1, -0.05) is 12.6 Å². The second-order valence-electron chi connectivity index (χ2n) is 3.08. The SMILES string of the molecule is C=CC(=O)OCCc1ccc(OC)cc1F. The highest BCUT2D eigenvalue weighted by Gasteiger charge is 2.04. The van der Waals surface area contributed by atoms with Crippen LogP contribution in [0.1, 0.15) is 5.56 Å². The molecule has 0 heterocycles. The number of halogens is 1. The highest BCUT2D eigenvalue weighted by Crippen LogP contribution is 2.16. The van der Waals surface area contributed by atoms with Crippen molar-refractivity contribution in [3.05, 3.63) is 42.2 Å². The average molecular weight is 224 g/mol. The van der Waals surface area contributed by atoms with Gasteiger partial charge in [-0.05, 0) is 11.6 Å². The minimum atomic E-state index is -0.506. The number of benzene rings is 1. The van der Waals surface area contributed by atoms with Gasteiger partial charge in [0, 0.05) is 18.6 Å². The van der Waals surface area contributed by atoms with Crippen LogP contribution in [0.15, 0.2) is 30.9 Å². The molecule has 16 heavy (non-hydrogen) atoms. The molecule has 1 aromatic rings. The molecule has 86 valence electrons. The van der Waals surface area contributed by atoms with Crippen LogP contribution in [0.5, 0.6) is 5.75 Å². The summed E-state index contributed by atoms with van der Waals surface area (Å²) in [5.41, 5.74) is 0.484. The van der Waals surface area contributed by atoms with Crippen LogP contribution in [0.3, 0.4) is 0 Å². The zero-order chi connectivity index (χ0) is 12.0. The van der Waals surface area contributed by atoms with E-state index in [0.29, 0.717) is 17.7 Å². The van der Waals surface area contributed by atoms with Crippen LogP contribution in [0, 0.1) is 5.82 Å². The Morgan fingerprint density at radius 1 is 1.56 bits per heavy atom. The summed E-state index contributed by atoms with van der Waals surface area (Å²) in [7, 11) is 1.47. The van der Waals surface area contributed by atoms with Crippen molar-refractivity contribution in [1.82, 2.24) is 0 Å². The second kappa shape index (κ2) is 5.90. The molecule has 0 spiro atoms. The zero-order valence-electron chi connectivity index (χ0n) is 9.03. The van der Waals surface area contributed by atoms with E-state index >= 15 is 0 Å². The monoisotopic (exact) mass is 224 g/mol. The van der Waals surface area contributed by atoms with E-state index < -0.39 is 5.97 Å². The molecule has 0 bridgehead atoms. The summed E-state index contributed by atoms with van der Waals surface area (Å²) < 4.78 is 23.0. The van der Waals surface area contributed by atoms with Gasteiger partial charge in [0.2, 0.25) is 0 Å².